The minimum atomic E-state index is -1.10. The first-order valence-corrected chi connectivity index (χ1v) is 8.34. The highest BCUT2D eigenvalue weighted by Crippen LogP contribution is 2.13. The minimum absolute atomic E-state index is 0.0236. The van der Waals surface area contributed by atoms with E-state index in [1.807, 2.05) is 0 Å². The van der Waals surface area contributed by atoms with Crippen molar-refractivity contribution >= 4 is 29.8 Å². The number of amides is 6. The van der Waals surface area contributed by atoms with Gasteiger partial charge in [-0.2, -0.15) is 0 Å². The van der Waals surface area contributed by atoms with Crippen LogP contribution in [0.2, 0.25) is 0 Å². The summed E-state index contributed by atoms with van der Waals surface area (Å²) < 4.78 is 5.13. The highest BCUT2D eigenvalue weighted by molar-refractivity contribution is 6.02. The molecule has 3 rings (SSSR count). The molecule has 0 radical (unpaired) electrons. The Morgan fingerprint density at radius 2 is 1.81 bits per heavy atom. The quantitative estimate of drug-likeness (QED) is 0.545. The summed E-state index contributed by atoms with van der Waals surface area (Å²) in [5, 5.41) is 4.93. The van der Waals surface area contributed by atoms with Crippen LogP contribution in [0.15, 0.2) is 24.3 Å². The van der Waals surface area contributed by atoms with Crippen LogP contribution in [0.1, 0.15) is 22.8 Å². The lowest BCUT2D eigenvalue weighted by molar-refractivity contribution is -0.136. The van der Waals surface area contributed by atoms with E-state index >= 15 is 0 Å². The van der Waals surface area contributed by atoms with Crippen molar-refractivity contribution in [2.45, 2.75) is 19.6 Å². The smallest absolute Gasteiger partial charge is 0.338 e. The van der Waals surface area contributed by atoms with Crippen LogP contribution in [-0.2, 0) is 20.9 Å². The maximum Gasteiger partial charge on any atom is 0.338 e. The summed E-state index contributed by atoms with van der Waals surface area (Å²) in [7, 11) is 0. The molecule has 1 aromatic rings. The van der Waals surface area contributed by atoms with Gasteiger partial charge in [-0.05, 0) is 24.6 Å². The van der Waals surface area contributed by atoms with Gasteiger partial charge in [-0.3, -0.25) is 19.4 Å². The van der Waals surface area contributed by atoms with Gasteiger partial charge in [-0.15, -0.1) is 0 Å². The second-order valence-electron chi connectivity index (χ2n) is 6.10. The number of nitrogens with zero attached hydrogens (tertiary/aromatic N) is 2. The highest BCUT2D eigenvalue weighted by Gasteiger charge is 2.32. The number of urea groups is 2. The van der Waals surface area contributed by atoms with E-state index in [2.05, 4.69) is 10.6 Å². The fourth-order valence-corrected chi connectivity index (χ4v) is 2.72. The number of carbonyl (C=O) groups is 5. The lowest BCUT2D eigenvalue weighted by Gasteiger charge is -2.18. The van der Waals surface area contributed by atoms with E-state index in [-0.39, 0.29) is 31.1 Å². The second kappa shape index (κ2) is 7.44. The van der Waals surface area contributed by atoms with Crippen molar-refractivity contribution in [3.05, 3.63) is 35.4 Å². The van der Waals surface area contributed by atoms with Crippen LogP contribution in [0.5, 0.6) is 0 Å². The number of ether oxygens (including phenoxy) is 1. The Morgan fingerprint density at radius 3 is 2.37 bits per heavy atom. The molecule has 2 aliphatic heterocycles. The molecule has 10 heteroatoms. The van der Waals surface area contributed by atoms with Gasteiger partial charge < -0.3 is 15.4 Å². The second-order valence-corrected chi connectivity index (χ2v) is 6.10. The molecule has 2 fully saturated rings. The molecule has 1 unspecified atom stereocenters. The van der Waals surface area contributed by atoms with Crippen molar-refractivity contribution in [1.29, 1.82) is 0 Å². The van der Waals surface area contributed by atoms with Crippen LogP contribution >= 0.6 is 0 Å². The fourth-order valence-electron chi connectivity index (χ4n) is 2.72. The molecule has 0 aromatic heterocycles. The van der Waals surface area contributed by atoms with Crippen LogP contribution in [0.4, 0.5) is 9.59 Å². The first-order valence-electron chi connectivity index (χ1n) is 8.34. The lowest BCUT2D eigenvalue weighted by atomic mass is 10.1. The van der Waals surface area contributed by atoms with Gasteiger partial charge in [-0.25, -0.2) is 14.4 Å². The molecule has 0 spiro atoms. The highest BCUT2D eigenvalue weighted by atomic mass is 16.5. The molecule has 1 aromatic carbocycles. The van der Waals surface area contributed by atoms with Gasteiger partial charge in [0.1, 0.15) is 0 Å². The van der Waals surface area contributed by atoms with Crippen LogP contribution in [0.25, 0.3) is 0 Å². The monoisotopic (exact) mass is 374 g/mol. The Labute approximate surface area is 154 Å². The van der Waals surface area contributed by atoms with Crippen LogP contribution < -0.4 is 10.6 Å². The van der Waals surface area contributed by atoms with Crippen molar-refractivity contribution in [2.24, 2.45) is 0 Å². The van der Waals surface area contributed by atoms with Gasteiger partial charge in [0.15, 0.2) is 6.10 Å². The van der Waals surface area contributed by atoms with Gasteiger partial charge in [0, 0.05) is 13.1 Å². The van der Waals surface area contributed by atoms with E-state index in [9.17, 15) is 24.0 Å². The summed E-state index contributed by atoms with van der Waals surface area (Å²) in [4.78, 5) is 61.0. The van der Waals surface area contributed by atoms with Crippen molar-refractivity contribution in [3.63, 3.8) is 0 Å². The number of esters is 1. The Hall–Kier alpha value is -3.43. The van der Waals surface area contributed by atoms with Crippen LogP contribution in [-0.4, -0.2) is 65.4 Å². The van der Waals surface area contributed by atoms with E-state index in [0.29, 0.717) is 12.1 Å². The zero-order valence-electron chi connectivity index (χ0n) is 14.6. The number of benzene rings is 1. The van der Waals surface area contributed by atoms with Gasteiger partial charge in [0.05, 0.1) is 18.7 Å². The van der Waals surface area contributed by atoms with E-state index in [4.69, 9.17) is 4.74 Å². The predicted molar refractivity (Wildman–Crippen MR) is 90.4 cm³/mol. The maximum absolute atomic E-state index is 12.2. The van der Waals surface area contributed by atoms with E-state index in [1.165, 1.54) is 19.1 Å². The van der Waals surface area contributed by atoms with Gasteiger partial charge in [-0.1, -0.05) is 12.1 Å². The van der Waals surface area contributed by atoms with E-state index < -0.39 is 30.0 Å². The average molecular weight is 374 g/mol. The molecule has 2 saturated heterocycles. The summed E-state index contributed by atoms with van der Waals surface area (Å²) >= 11 is 0. The number of hydrogen-bond donors (Lipinski definition) is 2. The molecular weight excluding hydrogens is 356 g/mol. The van der Waals surface area contributed by atoms with E-state index in [0.717, 1.165) is 9.80 Å². The predicted octanol–water partition coefficient (Wildman–Crippen LogP) is -0.164. The number of rotatable bonds is 5. The maximum atomic E-state index is 12.2. The molecule has 2 aliphatic rings. The number of hydrogen-bond acceptors (Lipinski definition) is 6. The molecule has 142 valence electrons. The third-order valence-corrected chi connectivity index (χ3v) is 4.22. The summed E-state index contributed by atoms with van der Waals surface area (Å²) in [6.45, 7) is 2.07. The topological polar surface area (TPSA) is 125 Å². The zero-order chi connectivity index (χ0) is 19.6. The first-order chi connectivity index (χ1) is 12.9. The normalized spacial score (nSPS) is 17.6. The summed E-state index contributed by atoms with van der Waals surface area (Å²) in [5.74, 6) is -1.62. The fraction of sp³-hybridized carbons (Fsp3) is 0.353. The van der Waals surface area contributed by atoms with Crippen molar-refractivity contribution in [1.82, 2.24) is 20.4 Å². The first kappa shape index (κ1) is 18.4. The molecule has 0 bridgehead atoms. The van der Waals surface area contributed by atoms with E-state index in [1.54, 1.807) is 12.1 Å². The molecule has 27 heavy (non-hydrogen) atoms. The molecule has 2 heterocycles. The Kier molecular flexibility index (Phi) is 5.06. The number of carbonyl (C=O) groups excluding carboxylic acids is 5. The molecule has 0 aliphatic carbocycles. The van der Waals surface area contributed by atoms with Crippen molar-refractivity contribution < 1.29 is 28.7 Å². The third kappa shape index (κ3) is 3.89. The molecule has 1 atom stereocenters. The standard InChI is InChI=1S/C17H18N4O6/c1-10(14(23)20-7-6-18-16(20)25)27-15(24)12-4-2-11(3-5-12)9-21-13(22)8-19-17(21)26/h2-5,10H,6-9H2,1H3,(H,18,25)(H,19,26). The van der Waals surface area contributed by atoms with Crippen LogP contribution in [0.3, 0.4) is 0 Å². The minimum Gasteiger partial charge on any atom is -0.449 e. The van der Waals surface area contributed by atoms with Gasteiger partial charge in [0.2, 0.25) is 5.91 Å². The Balaban J connectivity index is 1.58. The largest absolute Gasteiger partial charge is 0.449 e. The number of nitrogens with one attached hydrogen (secondary N) is 2. The summed E-state index contributed by atoms with van der Waals surface area (Å²) in [5.41, 5.74) is 0.872. The Bertz CT molecular complexity index is 790. The van der Waals surface area contributed by atoms with Crippen molar-refractivity contribution in [3.8, 4) is 0 Å². The Morgan fingerprint density at radius 1 is 1.11 bits per heavy atom. The van der Waals surface area contributed by atoms with Crippen LogP contribution in [0, 0.1) is 0 Å². The van der Waals surface area contributed by atoms with Crippen molar-refractivity contribution in [2.75, 3.05) is 19.6 Å². The average Bonchev–Trinajstić information content (AvgIpc) is 3.21. The van der Waals surface area contributed by atoms with Gasteiger partial charge in [0.25, 0.3) is 5.91 Å². The van der Waals surface area contributed by atoms with Gasteiger partial charge >= 0.3 is 18.0 Å². The molecular formula is C17H18N4O6. The zero-order valence-corrected chi connectivity index (χ0v) is 14.6. The molecule has 0 saturated carbocycles. The molecule has 10 nitrogen and oxygen atoms in total. The summed E-state index contributed by atoms with van der Waals surface area (Å²) in [6.07, 6.45) is -1.10. The summed E-state index contributed by atoms with van der Waals surface area (Å²) in [6, 6.07) is 5.19. The lowest BCUT2D eigenvalue weighted by Crippen LogP contribution is -2.41. The third-order valence-electron chi connectivity index (χ3n) is 4.22. The SMILES string of the molecule is CC(OC(=O)c1ccc(CN2C(=O)CNC2=O)cc1)C(=O)N1CCNC1=O. The molecule has 6 amide bonds. The molecule has 2 N–H and O–H groups in total. The number of imide groups is 2.